The van der Waals surface area contributed by atoms with Crippen molar-refractivity contribution in [1.82, 2.24) is 25.3 Å². The van der Waals surface area contributed by atoms with E-state index in [0.29, 0.717) is 24.6 Å². The first-order chi connectivity index (χ1) is 11.6. The topological polar surface area (TPSA) is 79.3 Å². The Morgan fingerprint density at radius 1 is 1.38 bits per heavy atom. The normalized spacial score (nSPS) is 24.2. The Kier molecular flexibility index (Phi) is 5.18. The molecule has 7 nitrogen and oxygen atoms in total. The molecule has 0 saturated carbocycles. The monoisotopic (exact) mass is 333 g/mol. The maximum atomic E-state index is 12.7. The fourth-order valence-corrected chi connectivity index (χ4v) is 3.57. The largest absolute Gasteiger partial charge is 0.354 e. The molecule has 3 heterocycles. The molecule has 3 rings (SSSR count). The fourth-order valence-electron chi connectivity index (χ4n) is 3.57. The number of aromatic nitrogens is 2. The number of hydrogen-bond donors (Lipinski definition) is 2. The van der Waals surface area contributed by atoms with E-state index in [1.165, 1.54) is 0 Å². The lowest BCUT2D eigenvalue weighted by Gasteiger charge is -2.33. The molecule has 0 aromatic carbocycles. The van der Waals surface area contributed by atoms with Crippen LogP contribution in [0.2, 0.25) is 0 Å². The van der Waals surface area contributed by atoms with Crippen LogP contribution in [0.25, 0.3) is 0 Å². The Morgan fingerprint density at radius 2 is 2.21 bits per heavy atom. The van der Waals surface area contributed by atoms with E-state index in [-0.39, 0.29) is 17.9 Å². The van der Waals surface area contributed by atoms with Gasteiger partial charge in [-0.1, -0.05) is 0 Å². The zero-order valence-electron chi connectivity index (χ0n) is 14.5. The Bertz CT molecular complexity index is 606. The number of hydrogen-bond acceptors (Lipinski definition) is 4. The minimum absolute atomic E-state index is 0.0376. The van der Waals surface area contributed by atoms with Crippen molar-refractivity contribution in [2.45, 2.75) is 38.6 Å². The number of amides is 2. The molecular weight excluding hydrogens is 306 g/mol. The van der Waals surface area contributed by atoms with Gasteiger partial charge in [0, 0.05) is 32.4 Å². The Morgan fingerprint density at radius 3 is 2.88 bits per heavy atom. The van der Waals surface area contributed by atoms with Crippen molar-refractivity contribution in [3.63, 3.8) is 0 Å². The van der Waals surface area contributed by atoms with Crippen LogP contribution in [0, 0.1) is 12.8 Å². The summed E-state index contributed by atoms with van der Waals surface area (Å²) < 4.78 is 1.73. The lowest BCUT2D eigenvalue weighted by atomic mass is 9.97. The molecule has 2 amide bonds. The first-order valence-corrected chi connectivity index (χ1v) is 8.85. The van der Waals surface area contributed by atoms with E-state index in [9.17, 15) is 9.59 Å². The van der Waals surface area contributed by atoms with Gasteiger partial charge in [0.05, 0.1) is 17.8 Å². The van der Waals surface area contributed by atoms with E-state index >= 15 is 0 Å². The fraction of sp³-hybridized carbons (Fsp3) is 0.706. The first kappa shape index (κ1) is 17.0. The number of nitrogens with zero attached hydrogens (tertiary/aromatic N) is 3. The van der Waals surface area contributed by atoms with Gasteiger partial charge in [0.25, 0.3) is 5.91 Å². The van der Waals surface area contributed by atoms with Crippen LogP contribution in [0.1, 0.15) is 41.7 Å². The molecule has 7 heteroatoms. The zero-order chi connectivity index (χ0) is 17.1. The summed E-state index contributed by atoms with van der Waals surface area (Å²) in [7, 11) is 1.84. The standard InChI is InChI=1S/C17H27N5O2/c1-12-14(10-20-21(12)2)17(24)22-8-4-5-13(11-22)9-19-16(23)15-6-3-7-18-15/h10,13,15,18H,3-9,11H2,1-2H3,(H,19,23). The molecule has 1 aromatic rings. The molecule has 0 spiro atoms. The molecule has 2 atom stereocenters. The lowest BCUT2D eigenvalue weighted by molar-refractivity contribution is -0.123. The average Bonchev–Trinajstić information content (AvgIpc) is 3.24. The van der Waals surface area contributed by atoms with Crippen LogP contribution >= 0.6 is 0 Å². The second-order valence-corrected chi connectivity index (χ2v) is 6.92. The van der Waals surface area contributed by atoms with Crippen molar-refractivity contribution in [1.29, 1.82) is 0 Å². The molecule has 2 fully saturated rings. The van der Waals surface area contributed by atoms with Gasteiger partial charge < -0.3 is 15.5 Å². The number of piperidine rings is 1. The van der Waals surface area contributed by atoms with Gasteiger partial charge in [-0.3, -0.25) is 14.3 Å². The number of carbonyl (C=O) groups is 2. The Balaban J connectivity index is 1.53. The van der Waals surface area contributed by atoms with Gasteiger partial charge in [0.2, 0.25) is 5.91 Å². The maximum absolute atomic E-state index is 12.7. The van der Waals surface area contributed by atoms with Crippen molar-refractivity contribution in [3.8, 4) is 0 Å². The molecule has 2 saturated heterocycles. The number of carbonyl (C=O) groups excluding carboxylic acids is 2. The minimum atomic E-state index is -0.0376. The molecule has 2 aliphatic heterocycles. The highest BCUT2D eigenvalue weighted by atomic mass is 16.2. The van der Waals surface area contributed by atoms with E-state index < -0.39 is 0 Å². The van der Waals surface area contributed by atoms with Gasteiger partial charge in [-0.15, -0.1) is 0 Å². The SMILES string of the molecule is Cc1c(C(=O)N2CCCC(CNC(=O)C3CCCN3)C2)cnn1C. The molecule has 2 N–H and O–H groups in total. The van der Waals surface area contributed by atoms with Gasteiger partial charge in [0.1, 0.15) is 0 Å². The highest BCUT2D eigenvalue weighted by Gasteiger charge is 2.28. The molecular formula is C17H27N5O2. The predicted octanol–water partition coefficient (Wildman–Crippen LogP) is 0.449. The van der Waals surface area contributed by atoms with E-state index in [4.69, 9.17) is 0 Å². The number of rotatable bonds is 4. The summed E-state index contributed by atoms with van der Waals surface area (Å²) in [6, 6.07) is -0.0376. The number of aryl methyl sites for hydroxylation is 1. The third-order valence-corrected chi connectivity index (χ3v) is 5.21. The molecule has 0 bridgehead atoms. The second-order valence-electron chi connectivity index (χ2n) is 6.92. The molecule has 2 unspecified atom stereocenters. The van der Waals surface area contributed by atoms with Crippen LogP contribution in [-0.4, -0.2) is 58.7 Å². The van der Waals surface area contributed by atoms with Crippen LogP contribution in [0.15, 0.2) is 6.20 Å². The average molecular weight is 333 g/mol. The van der Waals surface area contributed by atoms with Crippen molar-refractivity contribution in [2.75, 3.05) is 26.2 Å². The Labute approximate surface area is 142 Å². The third-order valence-electron chi connectivity index (χ3n) is 5.21. The quantitative estimate of drug-likeness (QED) is 0.838. The zero-order valence-corrected chi connectivity index (χ0v) is 14.5. The molecule has 132 valence electrons. The van der Waals surface area contributed by atoms with E-state index in [2.05, 4.69) is 15.7 Å². The van der Waals surface area contributed by atoms with Crippen LogP contribution in [0.4, 0.5) is 0 Å². The highest BCUT2D eigenvalue weighted by molar-refractivity contribution is 5.95. The first-order valence-electron chi connectivity index (χ1n) is 8.85. The molecule has 0 radical (unpaired) electrons. The number of likely N-dealkylation sites (tertiary alicyclic amines) is 1. The summed E-state index contributed by atoms with van der Waals surface area (Å²) in [4.78, 5) is 26.7. The van der Waals surface area contributed by atoms with Crippen molar-refractivity contribution in [2.24, 2.45) is 13.0 Å². The summed E-state index contributed by atoms with van der Waals surface area (Å²) in [5.41, 5.74) is 1.57. The van der Waals surface area contributed by atoms with Crippen molar-refractivity contribution < 1.29 is 9.59 Å². The molecule has 0 aliphatic carbocycles. The summed E-state index contributed by atoms with van der Waals surface area (Å²) in [6.07, 6.45) is 5.66. The van der Waals surface area contributed by atoms with Crippen LogP contribution < -0.4 is 10.6 Å². The maximum Gasteiger partial charge on any atom is 0.257 e. The van der Waals surface area contributed by atoms with E-state index in [0.717, 1.165) is 44.5 Å². The van der Waals surface area contributed by atoms with Gasteiger partial charge in [-0.25, -0.2) is 0 Å². The van der Waals surface area contributed by atoms with Crippen LogP contribution in [0.5, 0.6) is 0 Å². The van der Waals surface area contributed by atoms with Gasteiger partial charge in [-0.2, -0.15) is 5.10 Å². The van der Waals surface area contributed by atoms with Crippen molar-refractivity contribution >= 4 is 11.8 Å². The van der Waals surface area contributed by atoms with Gasteiger partial charge in [-0.05, 0) is 45.1 Å². The van der Waals surface area contributed by atoms with E-state index in [1.54, 1.807) is 10.9 Å². The van der Waals surface area contributed by atoms with E-state index in [1.807, 2.05) is 18.9 Å². The highest BCUT2D eigenvalue weighted by Crippen LogP contribution is 2.19. The lowest BCUT2D eigenvalue weighted by Crippen LogP contribution is -2.46. The molecule has 1 aromatic heterocycles. The van der Waals surface area contributed by atoms with Gasteiger partial charge >= 0.3 is 0 Å². The molecule has 24 heavy (non-hydrogen) atoms. The molecule has 2 aliphatic rings. The van der Waals surface area contributed by atoms with Crippen LogP contribution in [-0.2, 0) is 11.8 Å². The summed E-state index contributed by atoms with van der Waals surface area (Å²) >= 11 is 0. The van der Waals surface area contributed by atoms with Gasteiger partial charge in [0.15, 0.2) is 0 Å². The number of nitrogens with one attached hydrogen (secondary N) is 2. The summed E-state index contributed by atoms with van der Waals surface area (Å²) in [5.74, 6) is 0.471. The Hall–Kier alpha value is -1.89. The third kappa shape index (κ3) is 3.61. The minimum Gasteiger partial charge on any atom is -0.354 e. The smallest absolute Gasteiger partial charge is 0.257 e. The summed E-state index contributed by atoms with van der Waals surface area (Å²) in [5, 5.41) is 10.4. The predicted molar refractivity (Wildman–Crippen MR) is 90.6 cm³/mol. The van der Waals surface area contributed by atoms with Crippen molar-refractivity contribution in [3.05, 3.63) is 17.5 Å². The summed E-state index contributed by atoms with van der Waals surface area (Å²) in [6.45, 7) is 4.96. The second kappa shape index (κ2) is 7.34. The van der Waals surface area contributed by atoms with Crippen LogP contribution in [0.3, 0.4) is 0 Å².